The molecule has 1 heterocycles. The number of aromatic nitrogens is 1. The Morgan fingerprint density at radius 2 is 1.22 bits per heavy atom. The third-order valence-electron chi connectivity index (χ3n) is 7.53. The number of primary amides is 2. The summed E-state index contributed by atoms with van der Waals surface area (Å²) in [6.07, 6.45) is 0.101. The van der Waals surface area contributed by atoms with Crippen LogP contribution in [0.25, 0.3) is 10.9 Å². The average Bonchev–Trinajstić information content (AvgIpc) is 3.45. The summed E-state index contributed by atoms with van der Waals surface area (Å²) < 4.78 is 0. The number of fused-ring (bicyclic) bond motifs is 1. The normalized spacial score (nSPS) is 14.0. The lowest BCUT2D eigenvalue weighted by Gasteiger charge is -2.26. The number of nitrogens with two attached hydrogens (primary N) is 3. The molecule has 1 aromatic heterocycles. The van der Waals surface area contributed by atoms with E-state index in [2.05, 4.69) is 26.3 Å². The van der Waals surface area contributed by atoms with Gasteiger partial charge in [-0.2, -0.15) is 0 Å². The number of aliphatic hydroxyl groups is 1. The fourth-order valence-corrected chi connectivity index (χ4v) is 4.90. The Kier molecular flexibility index (Phi) is 13.3. The zero-order valence-electron chi connectivity index (χ0n) is 26.6. The zero-order valence-corrected chi connectivity index (χ0v) is 26.6. The number of phenols is 1. The molecule has 0 aliphatic carbocycles. The third-order valence-corrected chi connectivity index (χ3v) is 7.53. The molecule has 262 valence electrons. The number of Topliss-reactive ketones (excluding diaryl/α,β-unsaturated/α-hetero) is 1. The molecule has 17 heteroatoms. The van der Waals surface area contributed by atoms with Crippen LogP contribution in [0.15, 0.2) is 54.7 Å². The summed E-state index contributed by atoms with van der Waals surface area (Å²) in [5, 5.41) is 29.2. The Morgan fingerprint density at radius 3 is 1.78 bits per heavy atom. The van der Waals surface area contributed by atoms with E-state index in [1.165, 1.54) is 12.1 Å². The molecule has 0 radical (unpaired) electrons. The van der Waals surface area contributed by atoms with Crippen LogP contribution in [-0.2, 0) is 46.4 Å². The number of benzene rings is 2. The van der Waals surface area contributed by atoms with Gasteiger partial charge in [0.1, 0.15) is 29.9 Å². The number of phenolic OH excluding ortho intramolecular Hbond substituents is 1. The van der Waals surface area contributed by atoms with Crippen LogP contribution in [0.2, 0.25) is 0 Å². The van der Waals surface area contributed by atoms with Crippen LogP contribution in [0.4, 0.5) is 0 Å². The first-order chi connectivity index (χ1) is 23.2. The second-order valence-corrected chi connectivity index (χ2v) is 11.4. The van der Waals surface area contributed by atoms with Crippen LogP contribution in [0, 0.1) is 0 Å². The van der Waals surface area contributed by atoms with Crippen molar-refractivity contribution in [3.8, 4) is 5.75 Å². The number of carbonyl (C=O) groups is 7. The molecule has 49 heavy (non-hydrogen) atoms. The minimum absolute atomic E-state index is 0.0122. The summed E-state index contributed by atoms with van der Waals surface area (Å²) >= 11 is 0. The highest BCUT2D eigenvalue weighted by Gasteiger charge is 2.33. The number of aromatic hydroxyl groups is 1. The molecule has 0 spiro atoms. The summed E-state index contributed by atoms with van der Waals surface area (Å²) in [5.41, 5.74) is 18.6. The highest BCUT2D eigenvalue weighted by atomic mass is 16.3. The van der Waals surface area contributed by atoms with Crippen molar-refractivity contribution in [3.63, 3.8) is 0 Å². The Balaban J connectivity index is 1.87. The van der Waals surface area contributed by atoms with Gasteiger partial charge in [0.05, 0.1) is 25.5 Å². The van der Waals surface area contributed by atoms with Crippen LogP contribution in [0.3, 0.4) is 0 Å². The molecule has 0 saturated heterocycles. The Morgan fingerprint density at radius 1 is 0.714 bits per heavy atom. The van der Waals surface area contributed by atoms with Crippen molar-refractivity contribution in [2.45, 2.75) is 62.8 Å². The number of amides is 6. The third kappa shape index (κ3) is 11.1. The van der Waals surface area contributed by atoms with Gasteiger partial charge in [0.25, 0.3) is 0 Å². The van der Waals surface area contributed by atoms with Gasteiger partial charge in [-0.25, -0.2) is 0 Å². The van der Waals surface area contributed by atoms with Gasteiger partial charge in [0, 0.05) is 23.5 Å². The summed E-state index contributed by atoms with van der Waals surface area (Å²) in [6, 6.07) is 5.88. The van der Waals surface area contributed by atoms with Crippen LogP contribution >= 0.6 is 0 Å². The Labute approximate surface area is 280 Å². The maximum absolute atomic E-state index is 13.7. The van der Waals surface area contributed by atoms with E-state index < -0.39 is 90.9 Å². The van der Waals surface area contributed by atoms with Gasteiger partial charge in [0.15, 0.2) is 5.78 Å². The van der Waals surface area contributed by atoms with Crippen molar-refractivity contribution in [2.75, 3.05) is 6.61 Å². The monoisotopic (exact) mass is 680 g/mol. The largest absolute Gasteiger partial charge is 0.508 e. The number of aromatic amines is 1. The van der Waals surface area contributed by atoms with Crippen molar-refractivity contribution in [1.82, 2.24) is 26.3 Å². The maximum Gasteiger partial charge on any atom is 0.243 e. The summed E-state index contributed by atoms with van der Waals surface area (Å²) in [4.78, 5) is 91.8. The number of para-hydroxylation sites is 1. The van der Waals surface area contributed by atoms with Crippen molar-refractivity contribution < 1.29 is 43.8 Å². The molecule has 13 N–H and O–H groups in total. The number of rotatable bonds is 18. The second kappa shape index (κ2) is 17.4. The number of hydrogen-bond donors (Lipinski definition) is 10. The lowest BCUT2D eigenvalue weighted by molar-refractivity contribution is -0.136. The van der Waals surface area contributed by atoms with Crippen molar-refractivity contribution >= 4 is 52.1 Å². The molecule has 6 amide bonds. The average molecular weight is 681 g/mol. The molecule has 2 aromatic carbocycles. The molecule has 17 nitrogen and oxygen atoms in total. The zero-order chi connectivity index (χ0) is 36.2. The molecular formula is C32H40N8O9. The summed E-state index contributed by atoms with van der Waals surface area (Å²) in [5.74, 6) is -6.27. The number of ketones is 1. The molecule has 5 unspecified atom stereocenters. The molecule has 0 saturated carbocycles. The predicted octanol–water partition coefficient (Wildman–Crippen LogP) is -2.74. The maximum atomic E-state index is 13.7. The molecule has 0 aliphatic heterocycles. The number of H-pyrrole nitrogens is 1. The number of nitrogens with one attached hydrogen (secondary N) is 5. The second-order valence-electron chi connectivity index (χ2n) is 11.4. The summed E-state index contributed by atoms with van der Waals surface area (Å²) in [6.45, 7) is 0.375. The van der Waals surface area contributed by atoms with E-state index in [-0.39, 0.29) is 18.6 Å². The van der Waals surface area contributed by atoms with Gasteiger partial charge in [0.2, 0.25) is 35.4 Å². The fraction of sp³-hybridized carbons (Fsp3) is 0.344. The van der Waals surface area contributed by atoms with E-state index in [0.29, 0.717) is 16.5 Å². The number of aliphatic hydroxyl groups excluding tert-OH is 1. The quantitative estimate of drug-likeness (QED) is 0.0661. The van der Waals surface area contributed by atoms with E-state index >= 15 is 0 Å². The number of hydrogen-bond acceptors (Lipinski definition) is 10. The SMILES string of the molecule is CC(=O)C(CO)NC(=O)C(CC(N)=O)NC(=O)C(Cc1c[nH]c2ccccc12)NC(=O)C(CC(N)=O)NC(=O)C(N)Cc1ccc(O)cc1. The van der Waals surface area contributed by atoms with E-state index in [9.17, 15) is 43.8 Å². The van der Waals surface area contributed by atoms with Crippen molar-refractivity contribution in [3.05, 3.63) is 65.9 Å². The van der Waals surface area contributed by atoms with Crippen LogP contribution in [0.1, 0.15) is 30.9 Å². The molecule has 3 aromatic rings. The first kappa shape index (κ1) is 37.6. The molecule has 0 fully saturated rings. The van der Waals surface area contributed by atoms with Gasteiger partial charge in [-0.3, -0.25) is 33.6 Å². The minimum Gasteiger partial charge on any atom is -0.508 e. The topological polar surface area (TPSA) is 302 Å². The van der Waals surface area contributed by atoms with Gasteiger partial charge in [-0.05, 0) is 42.7 Å². The molecule has 0 bridgehead atoms. The standard InChI is InChI=1S/C32H40N8O9/c1-16(42)26(15-41)40-32(49)25(13-28(35)45)39-30(47)23(11-18-14-36-22-5-3-2-4-20(18)22)38-31(48)24(12-27(34)44)37-29(46)21(33)10-17-6-8-19(43)9-7-17/h2-9,14,21,23-26,36,41,43H,10-13,15,33H2,1H3,(H2,34,44)(H2,35,45)(H,37,46)(H,38,48)(H,39,47)(H,40,49). The fourth-order valence-electron chi connectivity index (χ4n) is 4.90. The molecule has 0 aliphatic rings. The van der Waals surface area contributed by atoms with Crippen molar-refractivity contribution in [1.29, 1.82) is 0 Å². The van der Waals surface area contributed by atoms with E-state index in [1.807, 2.05) is 0 Å². The lowest BCUT2D eigenvalue weighted by atomic mass is 10.0. The van der Waals surface area contributed by atoms with E-state index in [1.54, 1.807) is 42.6 Å². The molecular weight excluding hydrogens is 640 g/mol. The first-order valence-corrected chi connectivity index (χ1v) is 15.2. The first-order valence-electron chi connectivity index (χ1n) is 15.2. The number of carbonyl (C=O) groups excluding carboxylic acids is 7. The highest BCUT2D eigenvalue weighted by Crippen LogP contribution is 2.19. The summed E-state index contributed by atoms with van der Waals surface area (Å²) in [7, 11) is 0. The molecule has 3 rings (SSSR count). The van der Waals surface area contributed by atoms with Gasteiger partial charge >= 0.3 is 0 Å². The van der Waals surface area contributed by atoms with Gasteiger partial charge in [-0.15, -0.1) is 0 Å². The molecule has 5 atom stereocenters. The van der Waals surface area contributed by atoms with Gasteiger partial charge < -0.3 is 53.7 Å². The highest BCUT2D eigenvalue weighted by molar-refractivity contribution is 5.98. The Bertz CT molecular complexity index is 1690. The Hall–Kier alpha value is -5.81. The van der Waals surface area contributed by atoms with Crippen LogP contribution in [0.5, 0.6) is 5.75 Å². The van der Waals surface area contributed by atoms with Crippen molar-refractivity contribution in [2.24, 2.45) is 17.2 Å². The smallest absolute Gasteiger partial charge is 0.243 e. The minimum atomic E-state index is -1.61. The lowest BCUT2D eigenvalue weighted by Crippen LogP contribution is -2.60. The van der Waals surface area contributed by atoms with E-state index in [4.69, 9.17) is 17.2 Å². The van der Waals surface area contributed by atoms with Crippen LogP contribution in [-0.4, -0.2) is 93.2 Å². The van der Waals surface area contributed by atoms with Crippen LogP contribution < -0.4 is 38.5 Å². The van der Waals surface area contributed by atoms with Gasteiger partial charge in [-0.1, -0.05) is 30.3 Å². The van der Waals surface area contributed by atoms with E-state index in [0.717, 1.165) is 12.4 Å². The predicted molar refractivity (Wildman–Crippen MR) is 175 cm³/mol.